The third-order valence-corrected chi connectivity index (χ3v) is 5.14. The summed E-state index contributed by atoms with van der Waals surface area (Å²) in [6.07, 6.45) is 7.65. The molecule has 1 aliphatic heterocycles. The summed E-state index contributed by atoms with van der Waals surface area (Å²) in [5.74, 6) is 0.0773. The molecule has 4 heteroatoms. The van der Waals surface area contributed by atoms with Crippen LogP contribution in [0.5, 0.6) is 0 Å². The summed E-state index contributed by atoms with van der Waals surface area (Å²) in [6, 6.07) is 8.36. The van der Waals surface area contributed by atoms with Crippen LogP contribution in [0.3, 0.4) is 0 Å². The van der Waals surface area contributed by atoms with Crippen LogP contribution in [-0.2, 0) is 16.0 Å². The molecule has 4 nitrogen and oxygen atoms in total. The van der Waals surface area contributed by atoms with Gasteiger partial charge in [0.25, 0.3) is 0 Å². The SMILES string of the molecule is CC(=O)N(CC(=O)N1CCCc2ccccc21)C1CCCCC1. The molecular formula is C19H26N2O2. The van der Waals surface area contributed by atoms with Gasteiger partial charge >= 0.3 is 0 Å². The number of para-hydroxylation sites is 1. The maximum Gasteiger partial charge on any atom is 0.246 e. The second-order valence-electron chi connectivity index (χ2n) is 6.72. The van der Waals surface area contributed by atoms with Gasteiger partial charge in [-0.3, -0.25) is 9.59 Å². The average molecular weight is 314 g/mol. The number of fused-ring (bicyclic) bond motifs is 1. The zero-order chi connectivity index (χ0) is 16.2. The van der Waals surface area contributed by atoms with Gasteiger partial charge in [0, 0.05) is 25.2 Å². The molecule has 1 heterocycles. The van der Waals surface area contributed by atoms with E-state index in [-0.39, 0.29) is 24.4 Å². The van der Waals surface area contributed by atoms with Gasteiger partial charge in [0.2, 0.25) is 11.8 Å². The molecule has 124 valence electrons. The van der Waals surface area contributed by atoms with E-state index < -0.39 is 0 Å². The largest absolute Gasteiger partial charge is 0.331 e. The number of carbonyl (C=O) groups excluding carboxylic acids is 2. The summed E-state index contributed by atoms with van der Waals surface area (Å²) >= 11 is 0. The van der Waals surface area contributed by atoms with Gasteiger partial charge in [-0.15, -0.1) is 0 Å². The lowest BCUT2D eigenvalue weighted by Gasteiger charge is -2.36. The minimum absolute atomic E-state index is 0.0237. The Bertz CT molecular complexity index is 578. The lowest BCUT2D eigenvalue weighted by Crippen LogP contribution is -2.48. The van der Waals surface area contributed by atoms with Crippen molar-refractivity contribution in [3.63, 3.8) is 0 Å². The van der Waals surface area contributed by atoms with E-state index >= 15 is 0 Å². The first-order valence-electron chi connectivity index (χ1n) is 8.82. The zero-order valence-electron chi connectivity index (χ0n) is 14.0. The molecule has 1 saturated carbocycles. The van der Waals surface area contributed by atoms with Crippen LogP contribution in [0.25, 0.3) is 0 Å². The topological polar surface area (TPSA) is 40.6 Å². The third kappa shape index (κ3) is 3.57. The maximum atomic E-state index is 12.9. The standard InChI is InChI=1S/C19H26N2O2/c1-15(22)21(17-10-3-2-4-11-17)14-19(23)20-13-7-9-16-8-5-6-12-18(16)20/h5-6,8,12,17H,2-4,7,9-11,13-14H2,1H3. The highest BCUT2D eigenvalue weighted by Gasteiger charge is 2.29. The predicted molar refractivity (Wildman–Crippen MR) is 91.4 cm³/mol. The van der Waals surface area contributed by atoms with E-state index in [1.165, 1.54) is 12.0 Å². The van der Waals surface area contributed by atoms with E-state index in [4.69, 9.17) is 0 Å². The minimum Gasteiger partial charge on any atom is -0.331 e. The Morgan fingerprint density at radius 1 is 1.13 bits per heavy atom. The van der Waals surface area contributed by atoms with E-state index in [2.05, 4.69) is 6.07 Å². The van der Waals surface area contributed by atoms with Crippen LogP contribution in [0, 0.1) is 0 Å². The van der Waals surface area contributed by atoms with Gasteiger partial charge in [0.15, 0.2) is 0 Å². The third-order valence-electron chi connectivity index (χ3n) is 5.14. The molecule has 1 fully saturated rings. The molecular weight excluding hydrogens is 288 g/mol. The van der Waals surface area contributed by atoms with E-state index in [1.807, 2.05) is 23.1 Å². The van der Waals surface area contributed by atoms with Crippen molar-refractivity contribution in [3.05, 3.63) is 29.8 Å². The number of nitrogens with zero attached hydrogens (tertiary/aromatic N) is 2. The number of carbonyl (C=O) groups is 2. The van der Waals surface area contributed by atoms with Crippen LogP contribution in [-0.4, -0.2) is 35.8 Å². The number of hydrogen-bond donors (Lipinski definition) is 0. The van der Waals surface area contributed by atoms with E-state index in [0.717, 1.165) is 50.8 Å². The highest BCUT2D eigenvalue weighted by atomic mass is 16.2. The number of benzene rings is 1. The van der Waals surface area contributed by atoms with Crippen LogP contribution in [0.15, 0.2) is 24.3 Å². The Morgan fingerprint density at radius 2 is 1.87 bits per heavy atom. The molecule has 23 heavy (non-hydrogen) atoms. The summed E-state index contributed by atoms with van der Waals surface area (Å²) in [7, 11) is 0. The molecule has 3 rings (SSSR count). The first-order valence-corrected chi connectivity index (χ1v) is 8.82. The zero-order valence-corrected chi connectivity index (χ0v) is 14.0. The summed E-state index contributed by atoms with van der Waals surface area (Å²) in [4.78, 5) is 28.6. The molecule has 0 atom stereocenters. The van der Waals surface area contributed by atoms with E-state index in [9.17, 15) is 9.59 Å². The Hall–Kier alpha value is -1.84. The molecule has 0 N–H and O–H groups in total. The first kappa shape index (κ1) is 16.0. The van der Waals surface area contributed by atoms with Crippen molar-refractivity contribution >= 4 is 17.5 Å². The quantitative estimate of drug-likeness (QED) is 0.860. The molecule has 0 aromatic heterocycles. The second kappa shape index (κ2) is 7.16. The van der Waals surface area contributed by atoms with Crippen LogP contribution in [0.1, 0.15) is 51.0 Å². The van der Waals surface area contributed by atoms with Crippen LogP contribution < -0.4 is 4.90 Å². The average Bonchev–Trinajstić information content (AvgIpc) is 2.59. The number of anilines is 1. The molecule has 0 bridgehead atoms. The molecule has 0 spiro atoms. The fourth-order valence-corrected chi connectivity index (χ4v) is 3.91. The molecule has 2 aliphatic rings. The fourth-order valence-electron chi connectivity index (χ4n) is 3.91. The molecule has 1 aliphatic carbocycles. The molecule has 0 unspecified atom stereocenters. The van der Waals surface area contributed by atoms with Crippen LogP contribution >= 0.6 is 0 Å². The Labute approximate surface area is 138 Å². The van der Waals surface area contributed by atoms with Crippen LogP contribution in [0.2, 0.25) is 0 Å². The summed E-state index contributed by atoms with van der Waals surface area (Å²) < 4.78 is 0. The smallest absolute Gasteiger partial charge is 0.246 e. The van der Waals surface area contributed by atoms with Crippen LogP contribution in [0.4, 0.5) is 5.69 Å². The van der Waals surface area contributed by atoms with Crippen molar-refractivity contribution in [1.29, 1.82) is 0 Å². The highest BCUT2D eigenvalue weighted by Crippen LogP contribution is 2.28. The first-order chi connectivity index (χ1) is 11.2. The van der Waals surface area contributed by atoms with Gasteiger partial charge in [0.05, 0.1) is 0 Å². The Kier molecular flexibility index (Phi) is 4.99. The van der Waals surface area contributed by atoms with Gasteiger partial charge in [-0.25, -0.2) is 0 Å². The summed E-state index contributed by atoms with van der Waals surface area (Å²) in [6.45, 7) is 2.56. The summed E-state index contributed by atoms with van der Waals surface area (Å²) in [5.41, 5.74) is 2.26. The Morgan fingerprint density at radius 3 is 2.61 bits per heavy atom. The number of aryl methyl sites for hydroxylation is 1. The monoisotopic (exact) mass is 314 g/mol. The number of rotatable bonds is 3. The molecule has 0 saturated heterocycles. The molecule has 1 aromatic carbocycles. The lowest BCUT2D eigenvalue weighted by molar-refractivity contribution is -0.136. The Balaban J connectivity index is 1.73. The fraction of sp³-hybridized carbons (Fsp3) is 0.579. The van der Waals surface area contributed by atoms with Crippen molar-refractivity contribution < 1.29 is 9.59 Å². The maximum absolute atomic E-state index is 12.9. The summed E-state index contributed by atoms with van der Waals surface area (Å²) in [5, 5.41) is 0. The van der Waals surface area contributed by atoms with Gasteiger partial charge in [0.1, 0.15) is 6.54 Å². The number of amides is 2. The highest BCUT2D eigenvalue weighted by molar-refractivity contribution is 5.97. The molecule has 2 amide bonds. The molecule has 1 aromatic rings. The van der Waals surface area contributed by atoms with Gasteiger partial charge in [-0.1, -0.05) is 37.5 Å². The van der Waals surface area contributed by atoms with Gasteiger partial charge in [-0.05, 0) is 37.3 Å². The van der Waals surface area contributed by atoms with E-state index in [1.54, 1.807) is 11.8 Å². The van der Waals surface area contributed by atoms with Crippen molar-refractivity contribution in [1.82, 2.24) is 4.90 Å². The molecule has 0 radical (unpaired) electrons. The number of hydrogen-bond acceptors (Lipinski definition) is 2. The lowest BCUT2D eigenvalue weighted by atomic mass is 9.94. The minimum atomic E-state index is 0.0237. The van der Waals surface area contributed by atoms with Crippen molar-refractivity contribution in [2.45, 2.75) is 57.9 Å². The second-order valence-corrected chi connectivity index (χ2v) is 6.72. The van der Waals surface area contributed by atoms with Crippen molar-refractivity contribution in [2.75, 3.05) is 18.0 Å². The van der Waals surface area contributed by atoms with Crippen molar-refractivity contribution in [2.24, 2.45) is 0 Å². The van der Waals surface area contributed by atoms with E-state index in [0.29, 0.717) is 0 Å². The normalized spacial score (nSPS) is 18.4. The van der Waals surface area contributed by atoms with Gasteiger partial charge < -0.3 is 9.80 Å². The van der Waals surface area contributed by atoms with Gasteiger partial charge in [-0.2, -0.15) is 0 Å². The predicted octanol–water partition coefficient (Wildman–Crippen LogP) is 3.15. The van der Waals surface area contributed by atoms with Crippen molar-refractivity contribution in [3.8, 4) is 0 Å².